The molecule has 6 nitrogen and oxygen atoms in total. The largest absolute Gasteiger partial charge is 0.494 e. The lowest BCUT2D eigenvalue weighted by Crippen LogP contribution is -2.03. The minimum atomic E-state index is -1.18. The topological polar surface area (TPSA) is 78.4 Å². The highest BCUT2D eigenvalue weighted by molar-refractivity contribution is 7.83. The summed E-state index contributed by atoms with van der Waals surface area (Å²) in [5.74, 6) is 2.51. The van der Waals surface area contributed by atoms with E-state index in [9.17, 15) is 4.21 Å². The van der Waals surface area contributed by atoms with Crippen molar-refractivity contribution in [1.29, 1.82) is 0 Å². The van der Waals surface area contributed by atoms with Crippen molar-refractivity contribution in [1.82, 2.24) is 10.1 Å². The second-order valence-corrected chi connectivity index (χ2v) is 6.22. The fourth-order valence-electron chi connectivity index (χ4n) is 2.10. The molecule has 0 bridgehead atoms. The van der Waals surface area contributed by atoms with Gasteiger partial charge in [-0.05, 0) is 25.1 Å². The molecule has 0 amide bonds. The van der Waals surface area contributed by atoms with E-state index in [0.717, 1.165) is 11.3 Å². The molecule has 3 aromatic rings. The highest BCUT2D eigenvalue weighted by atomic mass is 32.2. The van der Waals surface area contributed by atoms with Gasteiger partial charge >= 0.3 is 0 Å². The van der Waals surface area contributed by atoms with Gasteiger partial charge in [0.2, 0.25) is 11.7 Å². The smallest absolute Gasteiger partial charge is 0.239 e. The Morgan fingerprint density at radius 1 is 1.17 bits per heavy atom. The predicted molar refractivity (Wildman–Crippen MR) is 85.2 cm³/mol. The molecule has 0 saturated carbocycles. The van der Waals surface area contributed by atoms with Crippen molar-refractivity contribution in [2.45, 2.75) is 18.4 Å². The van der Waals surface area contributed by atoms with Crippen LogP contribution in [0.25, 0.3) is 11.6 Å². The van der Waals surface area contributed by atoms with Crippen LogP contribution in [0.1, 0.15) is 18.4 Å². The quantitative estimate of drug-likeness (QED) is 0.661. The van der Waals surface area contributed by atoms with Crippen LogP contribution in [0.15, 0.2) is 51.6 Å². The summed E-state index contributed by atoms with van der Waals surface area (Å²) in [5.41, 5.74) is 0.901. The summed E-state index contributed by atoms with van der Waals surface area (Å²) >= 11 is 0. The molecular formula is C16H16N2O4S. The van der Waals surface area contributed by atoms with Crippen LogP contribution >= 0.6 is 0 Å². The number of benzene rings is 1. The van der Waals surface area contributed by atoms with Gasteiger partial charge in [0.1, 0.15) is 11.5 Å². The van der Waals surface area contributed by atoms with Gasteiger partial charge in [-0.1, -0.05) is 23.4 Å². The highest BCUT2D eigenvalue weighted by Crippen LogP contribution is 2.21. The summed E-state index contributed by atoms with van der Waals surface area (Å²) in [6.07, 6.45) is 1.54. The minimum absolute atomic E-state index is 0.189. The van der Waals surface area contributed by atoms with Crippen LogP contribution in [-0.2, 0) is 22.3 Å². The van der Waals surface area contributed by atoms with Crippen molar-refractivity contribution in [3.8, 4) is 17.3 Å². The lowest BCUT2D eigenvalue weighted by Gasteiger charge is -2.08. The van der Waals surface area contributed by atoms with E-state index in [1.807, 2.05) is 31.2 Å². The molecule has 0 fully saturated rings. The van der Waals surface area contributed by atoms with E-state index in [1.54, 1.807) is 12.1 Å². The average Bonchev–Trinajstić information content (AvgIpc) is 3.20. The molecular weight excluding hydrogens is 316 g/mol. The van der Waals surface area contributed by atoms with Crippen LogP contribution in [0.2, 0.25) is 0 Å². The zero-order valence-corrected chi connectivity index (χ0v) is 13.4. The molecule has 0 unspecified atom stereocenters. The Hall–Kier alpha value is -2.41. The molecule has 0 aliphatic carbocycles. The first-order valence-electron chi connectivity index (χ1n) is 7.18. The lowest BCUT2D eigenvalue weighted by molar-refractivity contribution is 0.337. The molecule has 2 heterocycles. The number of hydrogen-bond donors (Lipinski definition) is 0. The maximum absolute atomic E-state index is 12.3. The van der Waals surface area contributed by atoms with E-state index < -0.39 is 10.8 Å². The molecule has 0 radical (unpaired) electrons. The summed E-state index contributed by atoms with van der Waals surface area (Å²) in [4.78, 5) is 4.20. The van der Waals surface area contributed by atoms with E-state index in [-0.39, 0.29) is 5.75 Å². The molecule has 7 heteroatoms. The van der Waals surface area contributed by atoms with Gasteiger partial charge in [-0.2, -0.15) is 4.98 Å². The third kappa shape index (κ3) is 3.87. The van der Waals surface area contributed by atoms with Crippen LogP contribution in [0.3, 0.4) is 0 Å². The summed E-state index contributed by atoms with van der Waals surface area (Å²) < 4.78 is 28.2. The zero-order chi connectivity index (χ0) is 16.1. The fourth-order valence-corrected chi connectivity index (χ4v) is 3.18. The van der Waals surface area contributed by atoms with Gasteiger partial charge < -0.3 is 13.7 Å². The Balaban J connectivity index is 1.66. The van der Waals surface area contributed by atoms with E-state index in [1.165, 1.54) is 6.26 Å². The zero-order valence-electron chi connectivity index (χ0n) is 12.6. The van der Waals surface area contributed by atoms with Crippen LogP contribution in [0, 0.1) is 0 Å². The summed E-state index contributed by atoms with van der Waals surface area (Å²) in [6.45, 7) is 2.49. The number of hydrogen-bond acceptors (Lipinski definition) is 6. The van der Waals surface area contributed by atoms with Crippen molar-refractivity contribution in [3.63, 3.8) is 0 Å². The highest BCUT2D eigenvalue weighted by Gasteiger charge is 2.14. The van der Waals surface area contributed by atoms with Crippen molar-refractivity contribution in [2.24, 2.45) is 0 Å². The standard InChI is InChI=1S/C16H16N2O4S/c1-2-20-13-7-4-3-6-12(13)10-23(19)11-15-17-16(18-22-15)14-8-5-9-21-14/h3-9H,2,10-11H2,1H3/t23-/m0/s1. The third-order valence-electron chi connectivity index (χ3n) is 3.08. The number of ether oxygens (including phenoxy) is 1. The Morgan fingerprint density at radius 2 is 2.04 bits per heavy atom. The van der Waals surface area contributed by atoms with E-state index >= 15 is 0 Å². The number of para-hydroxylation sites is 1. The monoisotopic (exact) mass is 332 g/mol. The van der Waals surface area contributed by atoms with Gasteiger partial charge in [-0.3, -0.25) is 4.21 Å². The van der Waals surface area contributed by atoms with Crippen molar-refractivity contribution in [3.05, 3.63) is 54.1 Å². The molecule has 0 aliphatic rings. The Bertz CT molecular complexity index is 783. The number of nitrogens with zero attached hydrogens (tertiary/aromatic N) is 2. The van der Waals surface area contributed by atoms with Crippen LogP contribution < -0.4 is 4.74 Å². The average molecular weight is 332 g/mol. The molecule has 0 saturated heterocycles. The molecule has 2 aromatic heterocycles. The fraction of sp³-hybridized carbons (Fsp3) is 0.250. The van der Waals surface area contributed by atoms with Crippen molar-refractivity contribution in [2.75, 3.05) is 6.61 Å². The van der Waals surface area contributed by atoms with Gasteiger partial charge in [0, 0.05) is 16.4 Å². The first-order chi connectivity index (χ1) is 11.3. The molecule has 1 atom stereocenters. The maximum Gasteiger partial charge on any atom is 0.239 e. The third-order valence-corrected chi connectivity index (χ3v) is 4.28. The first kappa shape index (κ1) is 15.5. The van der Waals surface area contributed by atoms with Crippen molar-refractivity contribution < 1.29 is 17.9 Å². The number of rotatable bonds is 7. The maximum atomic E-state index is 12.3. The molecule has 1 aromatic carbocycles. The van der Waals surface area contributed by atoms with E-state index in [4.69, 9.17) is 13.7 Å². The normalized spacial score (nSPS) is 12.2. The number of furan rings is 1. The Morgan fingerprint density at radius 3 is 2.83 bits per heavy atom. The molecule has 3 rings (SSSR count). The van der Waals surface area contributed by atoms with Gasteiger partial charge in [0.15, 0.2) is 5.76 Å². The molecule has 0 aliphatic heterocycles. The number of aromatic nitrogens is 2. The SMILES string of the molecule is CCOc1ccccc1C[S@](=O)Cc1nc(-c2ccco2)no1. The Labute approximate surface area is 135 Å². The lowest BCUT2D eigenvalue weighted by atomic mass is 10.2. The second kappa shape index (κ2) is 7.23. The first-order valence-corrected chi connectivity index (χ1v) is 8.67. The van der Waals surface area contributed by atoms with Gasteiger partial charge in [0.05, 0.1) is 18.6 Å². The van der Waals surface area contributed by atoms with Gasteiger partial charge in [-0.15, -0.1) is 0 Å². The minimum Gasteiger partial charge on any atom is -0.494 e. The second-order valence-electron chi connectivity index (χ2n) is 4.76. The van der Waals surface area contributed by atoms with Crippen LogP contribution in [-0.4, -0.2) is 21.0 Å². The van der Waals surface area contributed by atoms with Crippen LogP contribution in [0.4, 0.5) is 0 Å². The Kier molecular flexibility index (Phi) is 4.87. The summed E-state index contributed by atoms with van der Waals surface area (Å²) in [7, 11) is -1.18. The van der Waals surface area contributed by atoms with Crippen molar-refractivity contribution >= 4 is 10.8 Å². The molecule has 0 spiro atoms. The summed E-state index contributed by atoms with van der Waals surface area (Å²) in [6, 6.07) is 11.1. The predicted octanol–water partition coefficient (Wildman–Crippen LogP) is 3.18. The summed E-state index contributed by atoms with van der Waals surface area (Å²) in [5, 5.41) is 3.83. The molecule has 0 N–H and O–H groups in total. The van der Waals surface area contributed by atoms with Gasteiger partial charge in [0.25, 0.3) is 0 Å². The molecule has 23 heavy (non-hydrogen) atoms. The van der Waals surface area contributed by atoms with E-state index in [2.05, 4.69) is 10.1 Å². The van der Waals surface area contributed by atoms with Crippen LogP contribution in [0.5, 0.6) is 5.75 Å². The molecule has 120 valence electrons. The van der Waals surface area contributed by atoms with E-state index in [0.29, 0.717) is 29.8 Å². The van der Waals surface area contributed by atoms with Gasteiger partial charge in [-0.25, -0.2) is 0 Å².